The molecule has 1 aromatic carbocycles. The Kier molecular flexibility index (Phi) is 4.05. The highest BCUT2D eigenvalue weighted by Gasteiger charge is 2.11. The van der Waals surface area contributed by atoms with Gasteiger partial charge in [-0.3, -0.25) is 5.01 Å². The quantitative estimate of drug-likeness (QED) is 0.772. The smallest absolute Gasteiger partial charge is 0.131 e. The number of ether oxygens (including phenoxy) is 1. The highest BCUT2D eigenvalue weighted by Crippen LogP contribution is 2.21. The molecule has 0 fully saturated rings. The van der Waals surface area contributed by atoms with Gasteiger partial charge in [0, 0.05) is 31.8 Å². The Hall–Kier alpha value is -1.13. The van der Waals surface area contributed by atoms with Crippen molar-refractivity contribution >= 4 is 0 Å². The molecule has 0 heterocycles. The zero-order chi connectivity index (χ0) is 11.4. The first-order chi connectivity index (χ1) is 7.04. The second-order valence-corrected chi connectivity index (χ2v) is 3.63. The largest absolute Gasteiger partial charge is 0.497 e. The Balaban J connectivity index is 2.85. The molecule has 15 heavy (non-hydrogen) atoms. The minimum absolute atomic E-state index is 0.0640. The van der Waals surface area contributed by atoms with Crippen molar-refractivity contribution in [3.8, 4) is 5.75 Å². The SMILES string of the molecule is COc1ccc(C(C)NN(C)C)c(F)c1. The predicted octanol–water partition coefficient (Wildman–Crippen LogP) is 1.96. The lowest BCUT2D eigenvalue weighted by Gasteiger charge is -2.20. The van der Waals surface area contributed by atoms with Crippen LogP contribution >= 0.6 is 0 Å². The molecule has 4 heteroatoms. The van der Waals surface area contributed by atoms with E-state index in [1.807, 2.05) is 21.0 Å². The fourth-order valence-electron chi connectivity index (χ4n) is 1.44. The number of rotatable bonds is 4. The summed E-state index contributed by atoms with van der Waals surface area (Å²) in [5, 5.41) is 1.80. The van der Waals surface area contributed by atoms with Crippen LogP contribution in [0.3, 0.4) is 0 Å². The average molecular weight is 212 g/mol. The van der Waals surface area contributed by atoms with Gasteiger partial charge in [0.2, 0.25) is 0 Å². The molecular weight excluding hydrogens is 195 g/mol. The van der Waals surface area contributed by atoms with Gasteiger partial charge in [-0.25, -0.2) is 9.82 Å². The van der Waals surface area contributed by atoms with E-state index >= 15 is 0 Å². The first kappa shape index (κ1) is 11.9. The normalized spacial score (nSPS) is 12.9. The monoisotopic (exact) mass is 212 g/mol. The van der Waals surface area contributed by atoms with Crippen molar-refractivity contribution in [3.63, 3.8) is 0 Å². The third-order valence-corrected chi connectivity index (χ3v) is 2.13. The van der Waals surface area contributed by atoms with Crippen LogP contribution in [0.15, 0.2) is 18.2 Å². The van der Waals surface area contributed by atoms with Crippen molar-refractivity contribution in [1.29, 1.82) is 0 Å². The van der Waals surface area contributed by atoms with Crippen molar-refractivity contribution in [2.75, 3.05) is 21.2 Å². The standard InChI is InChI=1S/C11H17FN2O/c1-8(13-14(2)3)10-6-5-9(15-4)7-11(10)12/h5-8,13H,1-4H3. The maximum atomic E-state index is 13.6. The number of benzene rings is 1. The summed E-state index contributed by atoms with van der Waals surface area (Å²) in [6.45, 7) is 1.91. The number of hydrogen-bond acceptors (Lipinski definition) is 3. The molecule has 0 spiro atoms. The lowest BCUT2D eigenvalue weighted by atomic mass is 10.1. The predicted molar refractivity (Wildman–Crippen MR) is 58.2 cm³/mol. The van der Waals surface area contributed by atoms with E-state index in [4.69, 9.17) is 4.74 Å². The van der Waals surface area contributed by atoms with Gasteiger partial charge in [0.25, 0.3) is 0 Å². The van der Waals surface area contributed by atoms with Gasteiger partial charge in [-0.2, -0.15) is 0 Å². The van der Waals surface area contributed by atoms with E-state index in [-0.39, 0.29) is 11.9 Å². The van der Waals surface area contributed by atoms with Gasteiger partial charge >= 0.3 is 0 Å². The molecule has 0 aliphatic heterocycles. The van der Waals surface area contributed by atoms with Crippen LogP contribution < -0.4 is 10.2 Å². The summed E-state index contributed by atoms with van der Waals surface area (Å²) < 4.78 is 18.5. The second-order valence-electron chi connectivity index (χ2n) is 3.63. The topological polar surface area (TPSA) is 24.5 Å². The number of nitrogens with zero attached hydrogens (tertiary/aromatic N) is 1. The van der Waals surface area contributed by atoms with Crippen LogP contribution in [0.4, 0.5) is 4.39 Å². The van der Waals surface area contributed by atoms with Crippen molar-refractivity contribution < 1.29 is 9.13 Å². The van der Waals surface area contributed by atoms with Crippen LogP contribution in [0.2, 0.25) is 0 Å². The average Bonchev–Trinajstić information content (AvgIpc) is 2.16. The molecule has 0 amide bonds. The highest BCUT2D eigenvalue weighted by atomic mass is 19.1. The molecule has 3 nitrogen and oxygen atoms in total. The molecular formula is C11H17FN2O. The van der Waals surface area contributed by atoms with E-state index in [0.29, 0.717) is 11.3 Å². The van der Waals surface area contributed by atoms with Gasteiger partial charge in [-0.05, 0) is 13.0 Å². The third-order valence-electron chi connectivity index (χ3n) is 2.13. The zero-order valence-corrected chi connectivity index (χ0v) is 9.54. The van der Waals surface area contributed by atoms with Gasteiger partial charge in [0.15, 0.2) is 0 Å². The summed E-state index contributed by atoms with van der Waals surface area (Å²) >= 11 is 0. The van der Waals surface area contributed by atoms with Gasteiger partial charge in [0.1, 0.15) is 11.6 Å². The van der Waals surface area contributed by atoms with Crippen LogP contribution in [0, 0.1) is 5.82 Å². The molecule has 0 bridgehead atoms. The summed E-state index contributed by atoms with van der Waals surface area (Å²) in [6.07, 6.45) is 0. The van der Waals surface area contributed by atoms with E-state index in [1.165, 1.54) is 13.2 Å². The Morgan fingerprint density at radius 3 is 2.53 bits per heavy atom. The van der Waals surface area contributed by atoms with Crippen molar-refractivity contribution in [1.82, 2.24) is 10.4 Å². The number of methoxy groups -OCH3 is 1. The second kappa shape index (κ2) is 5.09. The van der Waals surface area contributed by atoms with Crippen LogP contribution in [-0.4, -0.2) is 26.2 Å². The maximum Gasteiger partial charge on any atom is 0.131 e. The first-order valence-corrected chi connectivity index (χ1v) is 4.81. The fraction of sp³-hybridized carbons (Fsp3) is 0.455. The van der Waals surface area contributed by atoms with E-state index in [9.17, 15) is 4.39 Å². The molecule has 0 aliphatic rings. The third kappa shape index (κ3) is 3.18. The molecule has 0 aliphatic carbocycles. The number of hydrazine groups is 1. The van der Waals surface area contributed by atoms with Crippen molar-refractivity contribution in [2.45, 2.75) is 13.0 Å². The fourth-order valence-corrected chi connectivity index (χ4v) is 1.44. The van der Waals surface area contributed by atoms with Crippen molar-refractivity contribution in [2.24, 2.45) is 0 Å². The number of nitrogens with one attached hydrogen (secondary N) is 1. The lowest BCUT2D eigenvalue weighted by molar-refractivity contribution is 0.249. The molecule has 0 aromatic heterocycles. The van der Waals surface area contributed by atoms with E-state index in [2.05, 4.69) is 5.43 Å². The summed E-state index contributed by atoms with van der Waals surface area (Å²) in [5.41, 5.74) is 3.72. The van der Waals surface area contributed by atoms with Gasteiger partial charge in [0.05, 0.1) is 7.11 Å². The highest BCUT2D eigenvalue weighted by molar-refractivity contribution is 5.30. The molecule has 1 N–H and O–H groups in total. The van der Waals surface area contributed by atoms with Gasteiger partial charge in [-0.1, -0.05) is 6.07 Å². The molecule has 0 saturated heterocycles. The van der Waals surface area contributed by atoms with Crippen LogP contribution in [0.1, 0.15) is 18.5 Å². The molecule has 0 radical (unpaired) electrons. The summed E-state index contributed by atoms with van der Waals surface area (Å²) in [6, 6.07) is 4.82. The molecule has 0 saturated carbocycles. The van der Waals surface area contributed by atoms with E-state index < -0.39 is 0 Å². The lowest BCUT2D eigenvalue weighted by Crippen LogP contribution is -2.33. The van der Waals surface area contributed by atoms with Gasteiger partial charge < -0.3 is 4.74 Å². The Morgan fingerprint density at radius 1 is 1.40 bits per heavy atom. The van der Waals surface area contributed by atoms with Crippen LogP contribution in [-0.2, 0) is 0 Å². The maximum absolute atomic E-state index is 13.6. The van der Waals surface area contributed by atoms with Gasteiger partial charge in [-0.15, -0.1) is 0 Å². The van der Waals surface area contributed by atoms with E-state index in [1.54, 1.807) is 17.1 Å². The Morgan fingerprint density at radius 2 is 2.07 bits per heavy atom. The first-order valence-electron chi connectivity index (χ1n) is 4.81. The molecule has 84 valence electrons. The molecule has 1 atom stereocenters. The number of halogens is 1. The number of hydrogen-bond donors (Lipinski definition) is 1. The van der Waals surface area contributed by atoms with Crippen LogP contribution in [0.25, 0.3) is 0 Å². The molecule has 1 aromatic rings. The summed E-state index contributed by atoms with van der Waals surface area (Å²) in [4.78, 5) is 0. The van der Waals surface area contributed by atoms with Crippen LogP contribution in [0.5, 0.6) is 5.75 Å². The van der Waals surface area contributed by atoms with E-state index in [0.717, 1.165) is 0 Å². The summed E-state index contributed by atoms with van der Waals surface area (Å²) in [5.74, 6) is 0.282. The minimum Gasteiger partial charge on any atom is -0.497 e. The minimum atomic E-state index is -0.254. The molecule has 1 unspecified atom stereocenters. The molecule has 1 rings (SSSR count). The Labute approximate surface area is 89.8 Å². The zero-order valence-electron chi connectivity index (χ0n) is 9.54. The Bertz CT molecular complexity index is 328. The summed E-state index contributed by atoms with van der Waals surface area (Å²) in [7, 11) is 5.27. The van der Waals surface area contributed by atoms with Crippen molar-refractivity contribution in [3.05, 3.63) is 29.6 Å².